The second-order valence-electron chi connectivity index (χ2n) is 9.96. The first kappa shape index (κ1) is 31.1. The Morgan fingerprint density at radius 3 is 0.938 bits per heavy atom. The second-order valence-corrected chi connectivity index (χ2v) is 9.96. The lowest BCUT2D eigenvalue weighted by molar-refractivity contribution is -0.137. The standard InChI is InChI=1S/C29H56O3/c1-2-3-4-5-6-7-8-9-10-13-16-19-22-25-28(30)26-23-20-17-14-11-12-15-18-21-24-27-29(31)32/h2-27H2,1H3,(H,31,32). The van der Waals surface area contributed by atoms with Gasteiger partial charge in [-0.3, -0.25) is 9.59 Å². The number of aliphatic carboxylic acids is 1. The number of hydrogen-bond acceptors (Lipinski definition) is 2. The molecule has 0 aliphatic heterocycles. The summed E-state index contributed by atoms with van der Waals surface area (Å²) in [5.41, 5.74) is 0. The van der Waals surface area contributed by atoms with Gasteiger partial charge in [-0.05, 0) is 19.3 Å². The highest BCUT2D eigenvalue weighted by atomic mass is 16.4. The van der Waals surface area contributed by atoms with Gasteiger partial charge < -0.3 is 5.11 Å². The summed E-state index contributed by atoms with van der Waals surface area (Å²) < 4.78 is 0. The molecule has 0 heterocycles. The van der Waals surface area contributed by atoms with Gasteiger partial charge in [0.05, 0.1) is 0 Å². The molecule has 0 rings (SSSR count). The molecule has 0 spiro atoms. The van der Waals surface area contributed by atoms with Crippen molar-refractivity contribution in [3.63, 3.8) is 0 Å². The average molecular weight is 453 g/mol. The minimum absolute atomic E-state index is 0.318. The smallest absolute Gasteiger partial charge is 0.303 e. The van der Waals surface area contributed by atoms with E-state index >= 15 is 0 Å². The van der Waals surface area contributed by atoms with Crippen LogP contribution >= 0.6 is 0 Å². The van der Waals surface area contributed by atoms with Gasteiger partial charge in [-0.25, -0.2) is 0 Å². The van der Waals surface area contributed by atoms with Crippen LogP contribution in [0.15, 0.2) is 0 Å². The van der Waals surface area contributed by atoms with Crippen LogP contribution in [0.2, 0.25) is 0 Å². The fraction of sp³-hybridized carbons (Fsp3) is 0.931. The van der Waals surface area contributed by atoms with E-state index in [2.05, 4.69) is 6.92 Å². The normalized spacial score (nSPS) is 11.2. The summed E-state index contributed by atoms with van der Waals surface area (Å²) in [5, 5.41) is 8.60. The molecule has 0 aliphatic rings. The van der Waals surface area contributed by atoms with Crippen molar-refractivity contribution in [2.24, 2.45) is 0 Å². The van der Waals surface area contributed by atoms with E-state index in [1.54, 1.807) is 0 Å². The van der Waals surface area contributed by atoms with Crippen molar-refractivity contribution in [3.8, 4) is 0 Å². The van der Waals surface area contributed by atoms with Crippen LogP contribution in [0.3, 0.4) is 0 Å². The van der Waals surface area contributed by atoms with Crippen LogP contribution in [0.4, 0.5) is 0 Å². The first-order valence-electron chi connectivity index (χ1n) is 14.4. The first-order valence-corrected chi connectivity index (χ1v) is 14.4. The number of carboxylic acids is 1. The van der Waals surface area contributed by atoms with Crippen LogP contribution in [0, 0.1) is 0 Å². The molecule has 0 bridgehead atoms. The van der Waals surface area contributed by atoms with Crippen molar-refractivity contribution in [3.05, 3.63) is 0 Å². The molecule has 0 amide bonds. The molecular formula is C29H56O3. The van der Waals surface area contributed by atoms with Crippen LogP contribution < -0.4 is 0 Å². The van der Waals surface area contributed by atoms with E-state index in [4.69, 9.17) is 5.11 Å². The Morgan fingerprint density at radius 2 is 0.656 bits per heavy atom. The molecule has 0 aromatic carbocycles. The third-order valence-electron chi connectivity index (χ3n) is 6.66. The molecule has 0 radical (unpaired) electrons. The van der Waals surface area contributed by atoms with Crippen molar-refractivity contribution in [2.75, 3.05) is 0 Å². The number of carbonyl (C=O) groups is 2. The van der Waals surface area contributed by atoms with Gasteiger partial charge in [-0.2, -0.15) is 0 Å². The van der Waals surface area contributed by atoms with Gasteiger partial charge in [0.2, 0.25) is 0 Å². The molecule has 0 saturated heterocycles. The minimum Gasteiger partial charge on any atom is -0.481 e. The Bertz CT molecular complexity index is 405. The lowest BCUT2D eigenvalue weighted by Gasteiger charge is -2.04. The quantitative estimate of drug-likeness (QED) is 0.126. The summed E-state index contributed by atoms with van der Waals surface area (Å²) in [7, 11) is 0. The molecule has 0 atom stereocenters. The van der Waals surface area contributed by atoms with E-state index < -0.39 is 5.97 Å². The van der Waals surface area contributed by atoms with Crippen LogP contribution in [0.5, 0.6) is 0 Å². The zero-order chi connectivity index (χ0) is 23.5. The largest absolute Gasteiger partial charge is 0.481 e. The topological polar surface area (TPSA) is 54.4 Å². The Morgan fingerprint density at radius 1 is 0.406 bits per heavy atom. The zero-order valence-corrected chi connectivity index (χ0v) is 21.6. The van der Waals surface area contributed by atoms with Crippen molar-refractivity contribution in [1.82, 2.24) is 0 Å². The van der Waals surface area contributed by atoms with Crippen LogP contribution in [0.1, 0.15) is 174 Å². The molecule has 32 heavy (non-hydrogen) atoms. The van der Waals surface area contributed by atoms with Crippen LogP contribution in [0.25, 0.3) is 0 Å². The molecule has 0 aliphatic carbocycles. The van der Waals surface area contributed by atoms with Gasteiger partial charge in [0.15, 0.2) is 0 Å². The molecular weight excluding hydrogens is 396 g/mol. The fourth-order valence-corrected chi connectivity index (χ4v) is 4.48. The molecule has 0 unspecified atom stereocenters. The number of Topliss-reactive ketones (excluding diaryl/α,β-unsaturated/α-hetero) is 1. The Kier molecular flexibility index (Phi) is 25.7. The summed E-state index contributed by atoms with van der Waals surface area (Å²) in [5.74, 6) is -0.192. The third-order valence-corrected chi connectivity index (χ3v) is 6.66. The van der Waals surface area contributed by atoms with Gasteiger partial charge in [-0.15, -0.1) is 0 Å². The van der Waals surface area contributed by atoms with E-state index in [-0.39, 0.29) is 0 Å². The zero-order valence-electron chi connectivity index (χ0n) is 21.6. The van der Waals surface area contributed by atoms with Crippen molar-refractivity contribution in [1.29, 1.82) is 0 Å². The van der Waals surface area contributed by atoms with Gasteiger partial charge in [0, 0.05) is 19.3 Å². The Labute approximate surface area is 200 Å². The van der Waals surface area contributed by atoms with Crippen LogP contribution in [-0.4, -0.2) is 16.9 Å². The highest BCUT2D eigenvalue weighted by molar-refractivity contribution is 5.78. The van der Waals surface area contributed by atoms with E-state index in [0.717, 1.165) is 38.5 Å². The van der Waals surface area contributed by atoms with E-state index in [1.807, 2.05) is 0 Å². The van der Waals surface area contributed by atoms with Crippen molar-refractivity contribution >= 4 is 11.8 Å². The van der Waals surface area contributed by atoms with E-state index in [1.165, 1.54) is 122 Å². The maximum Gasteiger partial charge on any atom is 0.303 e. The van der Waals surface area contributed by atoms with E-state index in [9.17, 15) is 9.59 Å². The monoisotopic (exact) mass is 452 g/mol. The van der Waals surface area contributed by atoms with Crippen molar-refractivity contribution in [2.45, 2.75) is 174 Å². The number of unbranched alkanes of at least 4 members (excludes halogenated alkanes) is 21. The SMILES string of the molecule is CCCCCCCCCCCCCCCC(=O)CCCCCCCCCCCCC(=O)O. The maximum absolute atomic E-state index is 12.0. The molecule has 3 heteroatoms. The average Bonchev–Trinajstić information content (AvgIpc) is 2.77. The highest BCUT2D eigenvalue weighted by Crippen LogP contribution is 2.15. The van der Waals surface area contributed by atoms with Gasteiger partial charge in [-0.1, -0.05) is 135 Å². The summed E-state index contributed by atoms with van der Waals surface area (Å²) in [6.45, 7) is 2.28. The predicted octanol–water partition coefficient (Wildman–Crippen LogP) is 9.80. The number of carboxylic acid groups (broad SMARTS) is 1. The Balaban J connectivity index is 3.16. The van der Waals surface area contributed by atoms with Gasteiger partial charge in [0.25, 0.3) is 0 Å². The number of carbonyl (C=O) groups excluding carboxylic acids is 1. The fourth-order valence-electron chi connectivity index (χ4n) is 4.48. The summed E-state index contributed by atoms with van der Waals surface area (Å²) >= 11 is 0. The number of rotatable bonds is 27. The molecule has 0 aromatic heterocycles. The molecule has 0 aromatic rings. The molecule has 190 valence electrons. The predicted molar refractivity (Wildman–Crippen MR) is 138 cm³/mol. The van der Waals surface area contributed by atoms with Crippen molar-refractivity contribution < 1.29 is 14.7 Å². The molecule has 1 N–H and O–H groups in total. The van der Waals surface area contributed by atoms with Crippen LogP contribution in [-0.2, 0) is 9.59 Å². The summed E-state index contributed by atoms with van der Waals surface area (Å²) in [4.78, 5) is 22.4. The highest BCUT2D eigenvalue weighted by Gasteiger charge is 2.02. The second kappa shape index (κ2) is 26.4. The molecule has 3 nitrogen and oxygen atoms in total. The minimum atomic E-state index is -0.673. The summed E-state index contributed by atoms with van der Waals surface area (Å²) in [6.07, 6.45) is 31.2. The lowest BCUT2D eigenvalue weighted by atomic mass is 10.0. The van der Waals surface area contributed by atoms with E-state index in [0.29, 0.717) is 12.2 Å². The number of ketones is 1. The van der Waals surface area contributed by atoms with Gasteiger partial charge in [0.1, 0.15) is 5.78 Å². The van der Waals surface area contributed by atoms with Gasteiger partial charge >= 0.3 is 5.97 Å². The Hall–Kier alpha value is -0.860. The summed E-state index contributed by atoms with van der Waals surface area (Å²) in [6, 6.07) is 0. The number of hydrogen-bond donors (Lipinski definition) is 1. The molecule has 0 fully saturated rings. The molecule has 0 saturated carbocycles. The first-order chi connectivity index (χ1) is 15.7. The third kappa shape index (κ3) is 27.2. The lowest BCUT2D eigenvalue weighted by Crippen LogP contribution is -1.97. The maximum atomic E-state index is 12.0.